The summed E-state index contributed by atoms with van der Waals surface area (Å²) in [6.07, 6.45) is -0.754. The van der Waals surface area contributed by atoms with Crippen molar-refractivity contribution in [1.29, 1.82) is 0 Å². The minimum Gasteiger partial charge on any atom is -0.383 e. The smallest absolute Gasteiger partial charge is 0.251 e. The molecule has 110 valence electrons. The van der Waals surface area contributed by atoms with Crippen LogP contribution in [0.3, 0.4) is 0 Å². The van der Waals surface area contributed by atoms with Crippen LogP contribution in [-0.2, 0) is 0 Å². The molecular formula is C14H25F2N3. The van der Waals surface area contributed by atoms with Crippen LogP contribution in [0.25, 0.3) is 0 Å². The minimum absolute atomic E-state index is 0.0265. The summed E-state index contributed by atoms with van der Waals surface area (Å²) < 4.78 is 25.1. The van der Waals surface area contributed by atoms with Gasteiger partial charge in [-0.1, -0.05) is 19.9 Å². The molecule has 1 rings (SSSR count). The van der Waals surface area contributed by atoms with E-state index in [0.717, 1.165) is 5.56 Å². The molecule has 0 saturated heterocycles. The maximum Gasteiger partial charge on any atom is 0.251 e. The molecule has 0 fully saturated rings. The minimum atomic E-state index is -2.35. The van der Waals surface area contributed by atoms with Gasteiger partial charge in [0.15, 0.2) is 0 Å². The molecule has 0 bridgehead atoms. The van der Waals surface area contributed by atoms with Crippen LogP contribution >= 0.6 is 0 Å². The van der Waals surface area contributed by atoms with E-state index >= 15 is 0 Å². The fourth-order valence-corrected chi connectivity index (χ4v) is 1.94. The third-order valence-electron chi connectivity index (χ3n) is 2.83. The van der Waals surface area contributed by atoms with Crippen LogP contribution in [-0.4, -0.2) is 28.9 Å². The Kier molecular flexibility index (Phi) is 8.23. The number of anilines is 1. The molecule has 3 nitrogen and oxygen atoms in total. The van der Waals surface area contributed by atoms with E-state index in [-0.39, 0.29) is 18.6 Å². The Balaban J connectivity index is 0.00000154. The number of halogens is 2. The predicted octanol–water partition coefficient (Wildman–Crippen LogP) is 3.73. The molecule has 0 saturated carbocycles. The van der Waals surface area contributed by atoms with Gasteiger partial charge in [0.25, 0.3) is 6.43 Å². The maximum atomic E-state index is 12.5. The third kappa shape index (κ3) is 5.51. The molecular weight excluding hydrogens is 248 g/mol. The highest BCUT2D eigenvalue weighted by Gasteiger charge is 2.23. The van der Waals surface area contributed by atoms with Crippen LogP contribution < -0.4 is 5.73 Å². The van der Waals surface area contributed by atoms with Crippen molar-refractivity contribution in [2.24, 2.45) is 0 Å². The molecule has 0 aliphatic rings. The second-order valence-corrected chi connectivity index (χ2v) is 4.34. The van der Waals surface area contributed by atoms with Crippen LogP contribution in [0.4, 0.5) is 14.6 Å². The molecule has 0 spiro atoms. The summed E-state index contributed by atoms with van der Waals surface area (Å²) in [5.41, 5.74) is 6.56. The molecule has 1 atom stereocenters. The summed E-state index contributed by atoms with van der Waals surface area (Å²) in [5.74, 6) is 0.403. The van der Waals surface area contributed by atoms with E-state index in [1.807, 2.05) is 40.7 Å². The summed E-state index contributed by atoms with van der Waals surface area (Å²) in [6.45, 7) is 9.40. The summed E-state index contributed by atoms with van der Waals surface area (Å²) >= 11 is 0. The highest BCUT2D eigenvalue weighted by Crippen LogP contribution is 2.26. The quantitative estimate of drug-likeness (QED) is 0.889. The number of alkyl halides is 2. The molecule has 1 unspecified atom stereocenters. The molecule has 19 heavy (non-hydrogen) atoms. The van der Waals surface area contributed by atoms with Gasteiger partial charge in [-0.05, 0) is 26.8 Å². The van der Waals surface area contributed by atoms with Gasteiger partial charge < -0.3 is 5.73 Å². The lowest BCUT2D eigenvalue weighted by Gasteiger charge is -2.32. The van der Waals surface area contributed by atoms with E-state index in [1.165, 1.54) is 0 Å². The largest absolute Gasteiger partial charge is 0.383 e. The van der Waals surface area contributed by atoms with Gasteiger partial charge in [0.2, 0.25) is 0 Å². The van der Waals surface area contributed by atoms with Gasteiger partial charge in [0.05, 0.1) is 6.54 Å². The van der Waals surface area contributed by atoms with Gasteiger partial charge in [-0.3, -0.25) is 4.90 Å². The summed E-state index contributed by atoms with van der Waals surface area (Å²) in [6, 6.07) is 3.45. The van der Waals surface area contributed by atoms with Crippen LogP contribution in [0.2, 0.25) is 0 Å². The molecule has 1 aromatic heterocycles. The number of rotatable bonds is 5. The first-order valence-corrected chi connectivity index (χ1v) is 6.67. The number of nitrogens with zero attached hydrogens (tertiary/aromatic N) is 2. The van der Waals surface area contributed by atoms with Crippen molar-refractivity contribution in [2.45, 2.75) is 53.1 Å². The number of hydrogen-bond donors (Lipinski definition) is 1. The zero-order valence-electron chi connectivity index (χ0n) is 12.4. The molecule has 5 heteroatoms. The molecule has 1 aromatic rings. The van der Waals surface area contributed by atoms with Crippen molar-refractivity contribution in [2.75, 3.05) is 12.3 Å². The average molecular weight is 273 g/mol. The van der Waals surface area contributed by atoms with E-state index < -0.39 is 6.43 Å². The normalized spacial score (nSPS) is 12.5. The van der Waals surface area contributed by atoms with Crippen molar-refractivity contribution in [3.05, 3.63) is 23.9 Å². The molecule has 0 aliphatic heterocycles. The van der Waals surface area contributed by atoms with Crippen molar-refractivity contribution < 1.29 is 8.78 Å². The third-order valence-corrected chi connectivity index (χ3v) is 2.83. The highest BCUT2D eigenvalue weighted by molar-refractivity contribution is 5.40. The van der Waals surface area contributed by atoms with E-state index in [9.17, 15) is 8.78 Å². The summed E-state index contributed by atoms with van der Waals surface area (Å²) in [4.78, 5) is 5.70. The Morgan fingerprint density at radius 2 is 1.84 bits per heavy atom. The predicted molar refractivity (Wildman–Crippen MR) is 76.3 cm³/mol. The molecule has 0 aliphatic carbocycles. The average Bonchev–Trinajstić information content (AvgIpc) is 2.37. The Morgan fingerprint density at radius 1 is 1.26 bits per heavy atom. The lowest BCUT2D eigenvalue weighted by Crippen LogP contribution is -2.37. The van der Waals surface area contributed by atoms with Crippen molar-refractivity contribution in [3.8, 4) is 0 Å². The Bertz CT molecular complexity index is 356. The molecule has 0 radical (unpaired) electrons. The number of nitrogens with two attached hydrogens (primary N) is 1. The van der Waals surface area contributed by atoms with Gasteiger partial charge in [-0.15, -0.1) is 0 Å². The number of aromatic nitrogens is 1. The van der Waals surface area contributed by atoms with Crippen LogP contribution in [0.1, 0.15) is 46.2 Å². The van der Waals surface area contributed by atoms with Crippen molar-refractivity contribution in [1.82, 2.24) is 9.88 Å². The monoisotopic (exact) mass is 273 g/mol. The molecule has 2 N–H and O–H groups in total. The summed E-state index contributed by atoms with van der Waals surface area (Å²) in [7, 11) is 0. The van der Waals surface area contributed by atoms with Crippen molar-refractivity contribution >= 4 is 5.82 Å². The van der Waals surface area contributed by atoms with Gasteiger partial charge in [-0.25, -0.2) is 13.8 Å². The van der Waals surface area contributed by atoms with E-state index in [0.29, 0.717) is 5.82 Å². The van der Waals surface area contributed by atoms with Gasteiger partial charge in [0.1, 0.15) is 5.82 Å². The van der Waals surface area contributed by atoms with Crippen LogP contribution in [0.5, 0.6) is 0 Å². The maximum absolute atomic E-state index is 12.5. The number of nitrogen functional groups attached to an aromatic ring is 1. The number of hydrogen-bond acceptors (Lipinski definition) is 3. The van der Waals surface area contributed by atoms with Crippen LogP contribution in [0, 0.1) is 0 Å². The topological polar surface area (TPSA) is 42.2 Å². The van der Waals surface area contributed by atoms with Gasteiger partial charge >= 0.3 is 0 Å². The summed E-state index contributed by atoms with van der Waals surface area (Å²) in [5, 5.41) is 0. The van der Waals surface area contributed by atoms with Crippen molar-refractivity contribution in [3.63, 3.8) is 0 Å². The Hall–Kier alpha value is -1.23. The molecule has 0 amide bonds. The first kappa shape index (κ1) is 17.8. The standard InChI is InChI=1S/C12H19F2N3.C2H6/c1-8(2)17(7-11(13)14)9(3)10-5-4-6-16-12(10)15;1-2/h4-6,8-9,11H,7H2,1-3H3,(H2,15,16);1-2H3. The highest BCUT2D eigenvalue weighted by atomic mass is 19.3. The lowest BCUT2D eigenvalue weighted by molar-refractivity contribution is 0.0512. The second kappa shape index (κ2) is 8.80. The zero-order valence-corrected chi connectivity index (χ0v) is 12.4. The molecule has 0 aromatic carbocycles. The van der Waals surface area contributed by atoms with E-state index in [4.69, 9.17) is 5.73 Å². The Morgan fingerprint density at radius 3 is 2.26 bits per heavy atom. The van der Waals surface area contributed by atoms with E-state index in [2.05, 4.69) is 4.98 Å². The van der Waals surface area contributed by atoms with E-state index in [1.54, 1.807) is 17.2 Å². The second-order valence-electron chi connectivity index (χ2n) is 4.34. The van der Waals surface area contributed by atoms with Gasteiger partial charge in [0, 0.05) is 23.8 Å². The SMILES string of the molecule is CC.CC(C)N(CC(F)F)C(C)c1cccnc1N. The fourth-order valence-electron chi connectivity index (χ4n) is 1.94. The number of pyridine rings is 1. The zero-order chi connectivity index (χ0) is 15.0. The first-order chi connectivity index (χ1) is 8.93. The Labute approximate surface area is 114 Å². The molecule has 1 heterocycles. The van der Waals surface area contributed by atoms with Crippen LogP contribution in [0.15, 0.2) is 18.3 Å². The lowest BCUT2D eigenvalue weighted by atomic mass is 10.1. The van der Waals surface area contributed by atoms with Gasteiger partial charge in [-0.2, -0.15) is 0 Å². The first-order valence-electron chi connectivity index (χ1n) is 6.67. The fraction of sp³-hybridized carbons (Fsp3) is 0.643.